The maximum absolute atomic E-state index is 14.4. The summed E-state index contributed by atoms with van der Waals surface area (Å²) in [4.78, 5) is 38.7. The van der Waals surface area contributed by atoms with E-state index in [1.165, 1.54) is 24.3 Å². The van der Waals surface area contributed by atoms with Crippen LogP contribution in [0.25, 0.3) is 5.82 Å². The summed E-state index contributed by atoms with van der Waals surface area (Å²) >= 11 is 0. The molecule has 2 heterocycles. The van der Waals surface area contributed by atoms with Crippen molar-refractivity contribution in [2.45, 2.75) is 6.18 Å². The van der Waals surface area contributed by atoms with E-state index in [1.54, 1.807) is 0 Å². The highest BCUT2D eigenvalue weighted by atomic mass is 19.4. The minimum atomic E-state index is -5.05. The van der Waals surface area contributed by atoms with E-state index in [2.05, 4.69) is 4.98 Å². The Labute approximate surface area is 179 Å². The Morgan fingerprint density at radius 3 is 2.33 bits per heavy atom. The number of para-hydroxylation sites is 2. The maximum atomic E-state index is 14.4. The van der Waals surface area contributed by atoms with Crippen LogP contribution in [0.3, 0.4) is 0 Å². The monoisotopic (exact) mass is 473 g/mol. The van der Waals surface area contributed by atoms with Crippen molar-refractivity contribution in [3.63, 3.8) is 0 Å². The van der Waals surface area contributed by atoms with Gasteiger partial charge >= 0.3 is 17.8 Å². The normalized spacial score (nSPS) is 11.3. The summed E-state index contributed by atoms with van der Waals surface area (Å²) in [6, 6.07) is 5.61. The number of aromatic nitrogens is 3. The van der Waals surface area contributed by atoms with Crippen LogP contribution >= 0.6 is 0 Å². The van der Waals surface area contributed by atoms with Gasteiger partial charge in [0.05, 0.1) is 0 Å². The van der Waals surface area contributed by atoms with Gasteiger partial charge in [0, 0.05) is 19.2 Å². The third-order valence-electron chi connectivity index (χ3n) is 4.11. The number of halogens is 5. The number of benzene rings is 1. The smallest absolute Gasteiger partial charge is 0.431 e. The summed E-state index contributed by atoms with van der Waals surface area (Å²) < 4.78 is 78.0. The van der Waals surface area contributed by atoms with E-state index >= 15 is 0 Å². The van der Waals surface area contributed by atoms with Crippen LogP contribution in [0.5, 0.6) is 17.4 Å². The second kappa shape index (κ2) is 8.72. The Bertz CT molecular complexity index is 1350. The van der Waals surface area contributed by atoms with Gasteiger partial charge in [0.25, 0.3) is 11.4 Å². The van der Waals surface area contributed by atoms with Crippen molar-refractivity contribution in [1.29, 1.82) is 0 Å². The third-order valence-corrected chi connectivity index (χ3v) is 4.11. The molecule has 33 heavy (non-hydrogen) atoms. The summed E-state index contributed by atoms with van der Waals surface area (Å²) in [5, 5.41) is 8.72. The molecule has 1 aromatic carbocycles. The molecule has 0 atom stereocenters. The third kappa shape index (κ3) is 4.83. The van der Waals surface area contributed by atoms with E-state index in [9.17, 15) is 36.3 Å². The van der Waals surface area contributed by atoms with Crippen molar-refractivity contribution in [1.82, 2.24) is 14.1 Å². The van der Waals surface area contributed by atoms with Crippen LogP contribution in [0, 0.1) is 11.6 Å². The quantitative estimate of drug-likeness (QED) is 0.548. The molecule has 0 spiro atoms. The first-order valence-electron chi connectivity index (χ1n) is 8.78. The summed E-state index contributed by atoms with van der Waals surface area (Å²) in [6.07, 6.45) is -5.05. The van der Waals surface area contributed by atoms with Crippen LogP contribution in [0.15, 0.2) is 46.0 Å². The average molecular weight is 473 g/mol. The first-order valence-corrected chi connectivity index (χ1v) is 8.78. The van der Waals surface area contributed by atoms with Crippen molar-refractivity contribution < 1.29 is 41.3 Å². The number of rotatable bonds is 6. The van der Waals surface area contributed by atoms with Crippen LogP contribution in [0.1, 0.15) is 5.69 Å². The molecule has 3 aromatic rings. The number of alkyl halides is 3. The van der Waals surface area contributed by atoms with Gasteiger partial charge in [0.2, 0.25) is 0 Å². The van der Waals surface area contributed by atoms with Crippen molar-refractivity contribution >= 4 is 5.97 Å². The zero-order valence-electron chi connectivity index (χ0n) is 16.4. The largest absolute Gasteiger partial charge is 0.479 e. The fourth-order valence-electron chi connectivity index (χ4n) is 2.66. The first kappa shape index (κ1) is 23.4. The molecule has 3 rings (SSSR count). The molecule has 0 aliphatic heterocycles. The predicted molar refractivity (Wildman–Crippen MR) is 99.6 cm³/mol. The van der Waals surface area contributed by atoms with Gasteiger partial charge in [-0.05, 0) is 12.1 Å². The second-order valence-corrected chi connectivity index (χ2v) is 6.35. The topological polar surface area (TPSA) is 113 Å². The molecule has 2 aromatic heterocycles. The van der Waals surface area contributed by atoms with E-state index in [0.717, 1.165) is 0 Å². The second-order valence-electron chi connectivity index (χ2n) is 6.35. The number of carboxylic acid groups (broad SMARTS) is 1. The van der Waals surface area contributed by atoms with Crippen LogP contribution in [0.2, 0.25) is 0 Å². The highest BCUT2D eigenvalue weighted by molar-refractivity contribution is 5.68. The molecule has 14 heteroatoms. The van der Waals surface area contributed by atoms with E-state index in [-0.39, 0.29) is 32.8 Å². The molecule has 0 fully saturated rings. The number of nitrogens with zero attached hydrogens (tertiary/aromatic N) is 3. The number of aliphatic carboxylic acids is 1. The Balaban J connectivity index is 2.12. The Hall–Kier alpha value is -4.23. The van der Waals surface area contributed by atoms with Crippen molar-refractivity contribution in [3.05, 3.63) is 74.6 Å². The summed E-state index contributed by atoms with van der Waals surface area (Å²) in [5.41, 5.74) is -4.75. The van der Waals surface area contributed by atoms with Gasteiger partial charge in [-0.15, -0.1) is 0 Å². The number of hydrogen-bond donors (Lipinski definition) is 1. The number of hydrogen-bond acceptors (Lipinski definition) is 6. The number of carboxylic acids is 1. The fourth-order valence-corrected chi connectivity index (χ4v) is 2.66. The maximum Gasteiger partial charge on any atom is 0.431 e. The van der Waals surface area contributed by atoms with E-state index in [1.807, 2.05) is 0 Å². The first-order chi connectivity index (χ1) is 15.4. The van der Waals surface area contributed by atoms with Gasteiger partial charge < -0.3 is 14.6 Å². The minimum Gasteiger partial charge on any atom is -0.479 e. The zero-order valence-corrected chi connectivity index (χ0v) is 16.4. The standard InChI is InChI=1S/C19H12F5N3O6/c1-26-13(19(22,23)24)7-14(28)27(18(26)31)16-9(20)6-10(21)17(25-16)33-12-5-3-2-4-11(12)32-8-15(29)30/h2-7H,8H2,1H3,(H,29,30). The molecular formula is C19H12F5N3O6. The lowest BCUT2D eigenvalue weighted by Gasteiger charge is -2.15. The molecule has 0 bridgehead atoms. The van der Waals surface area contributed by atoms with Crippen LogP contribution < -0.4 is 20.7 Å². The van der Waals surface area contributed by atoms with Crippen molar-refractivity contribution in [2.75, 3.05) is 6.61 Å². The number of pyridine rings is 1. The molecular weight excluding hydrogens is 461 g/mol. The van der Waals surface area contributed by atoms with Crippen molar-refractivity contribution in [3.8, 4) is 23.2 Å². The lowest BCUT2D eigenvalue weighted by molar-refractivity contribution is -0.144. The lowest BCUT2D eigenvalue weighted by Crippen LogP contribution is -2.41. The molecule has 1 N–H and O–H groups in total. The number of ether oxygens (including phenoxy) is 2. The molecule has 9 nitrogen and oxygen atoms in total. The van der Waals surface area contributed by atoms with Gasteiger partial charge in [0.1, 0.15) is 5.69 Å². The van der Waals surface area contributed by atoms with Crippen LogP contribution in [-0.2, 0) is 18.0 Å². The van der Waals surface area contributed by atoms with E-state index < -0.39 is 59.0 Å². The molecule has 174 valence electrons. The molecule has 0 saturated heterocycles. The number of carbonyl (C=O) groups is 1. The van der Waals surface area contributed by atoms with Crippen molar-refractivity contribution in [2.24, 2.45) is 7.05 Å². The highest BCUT2D eigenvalue weighted by Gasteiger charge is 2.35. The summed E-state index contributed by atoms with van der Waals surface area (Å²) in [6.45, 7) is -0.776. The Morgan fingerprint density at radius 1 is 1.09 bits per heavy atom. The molecule has 0 amide bonds. The molecule has 0 unspecified atom stereocenters. The molecule has 0 radical (unpaired) electrons. The fraction of sp³-hybridized carbons (Fsp3) is 0.158. The SMILES string of the molecule is Cn1c(C(F)(F)F)cc(=O)n(-c2nc(Oc3ccccc3OCC(=O)O)c(F)cc2F)c1=O. The van der Waals surface area contributed by atoms with E-state index in [4.69, 9.17) is 14.6 Å². The Morgan fingerprint density at radius 2 is 1.73 bits per heavy atom. The van der Waals surface area contributed by atoms with Gasteiger partial charge in [-0.25, -0.2) is 22.9 Å². The van der Waals surface area contributed by atoms with Crippen LogP contribution in [-0.4, -0.2) is 31.8 Å². The van der Waals surface area contributed by atoms with Gasteiger partial charge in [0.15, 0.2) is 35.6 Å². The Kier molecular flexibility index (Phi) is 6.19. The summed E-state index contributed by atoms with van der Waals surface area (Å²) in [7, 11) is 0.704. The highest BCUT2D eigenvalue weighted by Crippen LogP contribution is 2.32. The predicted octanol–water partition coefficient (Wildman–Crippen LogP) is 2.48. The van der Waals surface area contributed by atoms with Crippen LogP contribution in [0.4, 0.5) is 22.0 Å². The summed E-state index contributed by atoms with van der Waals surface area (Å²) in [5.74, 6) is -6.74. The molecule has 0 aliphatic rings. The molecule has 0 aliphatic carbocycles. The molecule has 0 saturated carbocycles. The van der Waals surface area contributed by atoms with Gasteiger partial charge in [-0.3, -0.25) is 9.36 Å². The minimum absolute atomic E-state index is 0.0241. The lowest BCUT2D eigenvalue weighted by atomic mass is 10.3. The van der Waals surface area contributed by atoms with Gasteiger partial charge in [-0.2, -0.15) is 18.2 Å². The average Bonchev–Trinajstić information content (AvgIpc) is 2.72. The zero-order chi connectivity index (χ0) is 24.5. The van der Waals surface area contributed by atoms with Gasteiger partial charge in [-0.1, -0.05) is 12.1 Å². The van der Waals surface area contributed by atoms with E-state index in [0.29, 0.717) is 7.05 Å².